The summed E-state index contributed by atoms with van der Waals surface area (Å²) in [5.41, 5.74) is 5.35. The molecule has 10 nitrogen and oxygen atoms in total. The maximum absolute atomic E-state index is 12.3. The Labute approximate surface area is 145 Å². The quantitative estimate of drug-likeness (QED) is 0.329. The van der Waals surface area contributed by atoms with Crippen molar-refractivity contribution >= 4 is 23.8 Å². The number of carbonyl (C=O) groups is 4. The highest BCUT2D eigenvalue weighted by Gasteiger charge is 2.31. The van der Waals surface area contributed by atoms with E-state index in [-0.39, 0.29) is 13.0 Å². The van der Waals surface area contributed by atoms with Crippen LogP contribution in [0.3, 0.4) is 0 Å². The standard InChI is InChI=1S/C15H25N3O7/c16-5-2-1-3-11(15(23)24)17-12(19)7-18(8-13(20)21)14(22)10-4-6-25-9-10/h10-11H,1-9,16H2,(H,17,19)(H,20,21)(H,23,24)/t10?,11-/m1/s1. The normalized spacial score (nSPS) is 17.7. The Morgan fingerprint density at radius 3 is 2.44 bits per heavy atom. The van der Waals surface area contributed by atoms with Crippen LogP contribution in [0.1, 0.15) is 25.7 Å². The molecule has 1 heterocycles. The lowest BCUT2D eigenvalue weighted by molar-refractivity contribution is -0.148. The number of ether oxygens (including phenoxy) is 1. The van der Waals surface area contributed by atoms with E-state index < -0.39 is 48.8 Å². The third-order valence-electron chi connectivity index (χ3n) is 3.83. The molecule has 1 unspecified atom stereocenters. The van der Waals surface area contributed by atoms with E-state index in [1.54, 1.807) is 0 Å². The summed E-state index contributed by atoms with van der Waals surface area (Å²) in [5.74, 6) is -4.12. The van der Waals surface area contributed by atoms with Crippen LogP contribution >= 0.6 is 0 Å². The van der Waals surface area contributed by atoms with Gasteiger partial charge in [0.25, 0.3) is 0 Å². The Kier molecular flexibility index (Phi) is 8.86. The fraction of sp³-hybridized carbons (Fsp3) is 0.733. The van der Waals surface area contributed by atoms with Crippen molar-refractivity contribution in [2.24, 2.45) is 11.7 Å². The van der Waals surface area contributed by atoms with Crippen LogP contribution in [-0.2, 0) is 23.9 Å². The Hall–Kier alpha value is -2.20. The SMILES string of the molecule is NCCCC[C@@H](NC(=O)CN(CC(=O)O)C(=O)C1CCOC1)C(=O)O. The van der Waals surface area contributed by atoms with Crippen LogP contribution in [0.2, 0.25) is 0 Å². The second-order valence-corrected chi connectivity index (χ2v) is 5.89. The highest BCUT2D eigenvalue weighted by Crippen LogP contribution is 2.15. The number of hydrogen-bond acceptors (Lipinski definition) is 6. The molecule has 0 aromatic heterocycles. The summed E-state index contributed by atoms with van der Waals surface area (Å²) in [6, 6.07) is -1.10. The van der Waals surface area contributed by atoms with Crippen molar-refractivity contribution in [1.82, 2.24) is 10.2 Å². The van der Waals surface area contributed by atoms with Gasteiger partial charge in [-0.25, -0.2) is 4.79 Å². The van der Waals surface area contributed by atoms with E-state index in [1.807, 2.05) is 0 Å². The molecule has 1 saturated heterocycles. The third-order valence-corrected chi connectivity index (χ3v) is 3.83. The Morgan fingerprint density at radius 1 is 1.20 bits per heavy atom. The van der Waals surface area contributed by atoms with Gasteiger partial charge < -0.3 is 30.9 Å². The lowest BCUT2D eigenvalue weighted by Gasteiger charge is -2.24. The second-order valence-electron chi connectivity index (χ2n) is 5.89. The molecule has 1 rings (SSSR count). The second kappa shape index (κ2) is 10.6. The molecular weight excluding hydrogens is 334 g/mol. The Morgan fingerprint density at radius 2 is 1.92 bits per heavy atom. The molecule has 0 aromatic carbocycles. The first-order chi connectivity index (χ1) is 11.8. The van der Waals surface area contributed by atoms with Gasteiger partial charge >= 0.3 is 11.9 Å². The number of nitrogens with one attached hydrogen (secondary N) is 1. The first-order valence-electron chi connectivity index (χ1n) is 8.15. The van der Waals surface area contributed by atoms with Crippen molar-refractivity contribution < 1.29 is 34.1 Å². The summed E-state index contributed by atoms with van der Waals surface area (Å²) < 4.78 is 5.11. The molecule has 0 saturated carbocycles. The first kappa shape index (κ1) is 20.8. The number of carboxylic acid groups (broad SMARTS) is 2. The molecule has 25 heavy (non-hydrogen) atoms. The average Bonchev–Trinajstić information content (AvgIpc) is 3.06. The van der Waals surface area contributed by atoms with Crippen molar-refractivity contribution in [2.45, 2.75) is 31.7 Å². The molecule has 0 radical (unpaired) electrons. The number of hydrogen-bond donors (Lipinski definition) is 4. The maximum atomic E-state index is 12.3. The van der Waals surface area contributed by atoms with Crippen LogP contribution in [0.4, 0.5) is 0 Å². The van der Waals surface area contributed by atoms with Crippen LogP contribution < -0.4 is 11.1 Å². The molecule has 1 fully saturated rings. The van der Waals surface area contributed by atoms with Gasteiger partial charge in [0, 0.05) is 6.61 Å². The van der Waals surface area contributed by atoms with E-state index in [0.717, 1.165) is 4.90 Å². The van der Waals surface area contributed by atoms with Crippen LogP contribution in [-0.4, -0.2) is 77.8 Å². The van der Waals surface area contributed by atoms with Gasteiger partial charge in [-0.3, -0.25) is 14.4 Å². The number of aliphatic carboxylic acids is 2. The molecule has 1 aliphatic rings. The van der Waals surface area contributed by atoms with Crippen molar-refractivity contribution in [3.63, 3.8) is 0 Å². The maximum Gasteiger partial charge on any atom is 0.326 e. The van der Waals surface area contributed by atoms with Gasteiger partial charge in [0.05, 0.1) is 12.5 Å². The molecule has 0 aromatic rings. The van der Waals surface area contributed by atoms with Crippen molar-refractivity contribution in [3.8, 4) is 0 Å². The predicted molar refractivity (Wildman–Crippen MR) is 85.6 cm³/mol. The molecule has 2 atom stereocenters. The monoisotopic (exact) mass is 359 g/mol. The Bertz CT molecular complexity index is 492. The summed E-state index contributed by atoms with van der Waals surface area (Å²) in [4.78, 5) is 47.5. The fourth-order valence-electron chi connectivity index (χ4n) is 2.53. The number of nitrogens with zero attached hydrogens (tertiary/aromatic N) is 1. The minimum Gasteiger partial charge on any atom is -0.480 e. The van der Waals surface area contributed by atoms with Gasteiger partial charge in [-0.1, -0.05) is 0 Å². The first-order valence-corrected chi connectivity index (χ1v) is 8.15. The summed E-state index contributed by atoms with van der Waals surface area (Å²) >= 11 is 0. The summed E-state index contributed by atoms with van der Waals surface area (Å²) in [6.07, 6.45) is 1.84. The number of nitrogens with two attached hydrogens (primary N) is 1. The van der Waals surface area contributed by atoms with E-state index in [2.05, 4.69) is 5.32 Å². The van der Waals surface area contributed by atoms with E-state index in [1.165, 1.54) is 0 Å². The summed E-state index contributed by atoms with van der Waals surface area (Å²) in [5, 5.41) is 20.4. The number of unbranched alkanes of at least 4 members (excludes halogenated alkanes) is 1. The molecular formula is C15H25N3O7. The predicted octanol–water partition coefficient (Wildman–Crippen LogP) is -1.37. The minimum absolute atomic E-state index is 0.188. The number of carboxylic acids is 2. The molecule has 2 amide bonds. The fourth-order valence-corrected chi connectivity index (χ4v) is 2.53. The Balaban J connectivity index is 2.64. The highest BCUT2D eigenvalue weighted by atomic mass is 16.5. The largest absolute Gasteiger partial charge is 0.480 e. The smallest absolute Gasteiger partial charge is 0.326 e. The third kappa shape index (κ3) is 7.48. The zero-order chi connectivity index (χ0) is 18.8. The van der Waals surface area contributed by atoms with Crippen molar-refractivity contribution in [1.29, 1.82) is 0 Å². The lowest BCUT2D eigenvalue weighted by atomic mass is 10.1. The van der Waals surface area contributed by atoms with E-state index in [0.29, 0.717) is 32.4 Å². The van der Waals surface area contributed by atoms with Gasteiger partial charge in [0.1, 0.15) is 19.1 Å². The topological polar surface area (TPSA) is 159 Å². The van der Waals surface area contributed by atoms with Crippen molar-refractivity contribution in [2.75, 3.05) is 32.8 Å². The highest BCUT2D eigenvalue weighted by molar-refractivity contribution is 5.90. The van der Waals surface area contributed by atoms with Gasteiger partial charge in [-0.2, -0.15) is 0 Å². The average molecular weight is 359 g/mol. The van der Waals surface area contributed by atoms with E-state index >= 15 is 0 Å². The van der Waals surface area contributed by atoms with Crippen LogP contribution in [0.15, 0.2) is 0 Å². The molecule has 10 heteroatoms. The molecule has 0 aliphatic carbocycles. The summed E-state index contributed by atoms with van der Waals surface area (Å²) in [6.45, 7) is -0.125. The summed E-state index contributed by atoms with van der Waals surface area (Å²) in [7, 11) is 0. The lowest BCUT2D eigenvalue weighted by Crippen LogP contribution is -2.49. The van der Waals surface area contributed by atoms with E-state index in [9.17, 15) is 19.2 Å². The van der Waals surface area contributed by atoms with Crippen LogP contribution in [0.5, 0.6) is 0 Å². The van der Waals surface area contributed by atoms with Crippen LogP contribution in [0, 0.1) is 5.92 Å². The van der Waals surface area contributed by atoms with Gasteiger partial charge in [-0.15, -0.1) is 0 Å². The van der Waals surface area contributed by atoms with Gasteiger partial charge in [0.15, 0.2) is 0 Å². The van der Waals surface area contributed by atoms with Crippen molar-refractivity contribution in [3.05, 3.63) is 0 Å². The molecule has 5 N–H and O–H groups in total. The van der Waals surface area contributed by atoms with Gasteiger partial charge in [0.2, 0.25) is 11.8 Å². The number of carbonyl (C=O) groups excluding carboxylic acids is 2. The molecule has 142 valence electrons. The molecule has 1 aliphatic heterocycles. The van der Waals surface area contributed by atoms with Crippen LogP contribution in [0.25, 0.3) is 0 Å². The van der Waals surface area contributed by atoms with E-state index in [4.69, 9.17) is 20.7 Å². The molecule has 0 spiro atoms. The molecule has 0 bridgehead atoms. The zero-order valence-corrected chi connectivity index (χ0v) is 14.0. The number of rotatable bonds is 11. The minimum atomic E-state index is -1.25. The van der Waals surface area contributed by atoms with Gasteiger partial charge in [-0.05, 0) is 32.2 Å². The number of amides is 2. The zero-order valence-electron chi connectivity index (χ0n) is 14.0.